The molecular weight excluding hydrogens is 432 g/mol. The van der Waals surface area contributed by atoms with E-state index in [0.717, 1.165) is 21.2 Å². The zero-order valence-electron chi connectivity index (χ0n) is 13.7. The van der Waals surface area contributed by atoms with Gasteiger partial charge in [-0.2, -0.15) is 0 Å². The molecule has 2 N–H and O–H groups in total. The van der Waals surface area contributed by atoms with Gasteiger partial charge in [-0.05, 0) is 77.7 Å². The van der Waals surface area contributed by atoms with Crippen molar-refractivity contribution in [3.63, 3.8) is 0 Å². The summed E-state index contributed by atoms with van der Waals surface area (Å²) in [6.45, 7) is 6.98. The van der Waals surface area contributed by atoms with Gasteiger partial charge in [-0.25, -0.2) is 4.98 Å². The molecule has 3 aromatic rings. The lowest BCUT2D eigenvalue weighted by atomic mass is 10.0. The van der Waals surface area contributed by atoms with Crippen molar-refractivity contribution in [2.45, 2.75) is 27.3 Å². The Morgan fingerprint density at radius 2 is 1.75 bits per heavy atom. The number of phenolic OH excluding ortho intramolecular Hbond substituents is 1. The number of anilines is 1. The molecule has 0 aliphatic rings. The zero-order chi connectivity index (χ0) is 17.4. The minimum absolute atomic E-state index is 0.164. The van der Waals surface area contributed by atoms with Gasteiger partial charge >= 0.3 is 0 Å². The molecule has 1 heterocycles. The fraction of sp³-hybridized carbons (Fsp3) is 0.211. The minimum atomic E-state index is 0.164. The number of halogens is 2. The Kier molecular flexibility index (Phi) is 4.83. The van der Waals surface area contributed by atoms with Gasteiger partial charge < -0.3 is 10.4 Å². The molecule has 124 valence electrons. The lowest BCUT2D eigenvalue weighted by molar-refractivity contribution is 0.477. The minimum Gasteiger partial charge on any atom is -0.505 e. The van der Waals surface area contributed by atoms with Crippen molar-refractivity contribution in [2.75, 3.05) is 5.32 Å². The third-order valence-corrected chi connectivity index (χ3v) is 5.69. The van der Waals surface area contributed by atoms with Gasteiger partial charge in [0.2, 0.25) is 0 Å². The molecule has 0 amide bonds. The highest BCUT2D eigenvalue weighted by Crippen LogP contribution is 2.36. The summed E-state index contributed by atoms with van der Waals surface area (Å²) in [6, 6.07) is 10.0. The summed E-state index contributed by atoms with van der Waals surface area (Å²) in [5, 5.41) is 14.6. The topological polar surface area (TPSA) is 45.1 Å². The molecule has 0 aliphatic heterocycles. The van der Waals surface area contributed by atoms with E-state index in [4.69, 9.17) is 0 Å². The highest BCUT2D eigenvalue weighted by molar-refractivity contribution is 9.11. The van der Waals surface area contributed by atoms with Gasteiger partial charge in [-0.1, -0.05) is 22.0 Å². The van der Waals surface area contributed by atoms with E-state index >= 15 is 0 Å². The van der Waals surface area contributed by atoms with E-state index in [0.29, 0.717) is 16.5 Å². The lowest BCUT2D eigenvalue weighted by Crippen LogP contribution is -2.04. The van der Waals surface area contributed by atoms with E-state index in [9.17, 15) is 5.11 Å². The lowest BCUT2D eigenvalue weighted by Gasteiger charge is -2.14. The molecule has 0 spiro atoms. The first-order valence-electron chi connectivity index (χ1n) is 7.65. The fourth-order valence-corrected chi connectivity index (χ4v) is 3.95. The molecule has 3 nitrogen and oxygen atoms in total. The van der Waals surface area contributed by atoms with Crippen LogP contribution in [-0.4, -0.2) is 10.1 Å². The Balaban J connectivity index is 1.91. The number of aromatic hydroxyl groups is 1. The van der Waals surface area contributed by atoms with Crippen molar-refractivity contribution in [3.8, 4) is 5.75 Å². The SMILES string of the molecule is Cc1ccc(NCc2ccc3c(Br)cc(Br)c(O)c3n2)c(C)c1C. The summed E-state index contributed by atoms with van der Waals surface area (Å²) < 4.78 is 1.53. The van der Waals surface area contributed by atoms with Gasteiger partial charge in [0.15, 0.2) is 5.75 Å². The summed E-state index contributed by atoms with van der Waals surface area (Å²) >= 11 is 6.87. The summed E-state index contributed by atoms with van der Waals surface area (Å²) in [4.78, 5) is 4.61. The number of fused-ring (bicyclic) bond motifs is 1. The first kappa shape index (κ1) is 17.2. The first-order chi connectivity index (χ1) is 11.4. The Bertz CT molecular complexity index is 939. The average Bonchev–Trinajstić information content (AvgIpc) is 2.57. The van der Waals surface area contributed by atoms with Crippen LogP contribution in [0.1, 0.15) is 22.4 Å². The molecule has 24 heavy (non-hydrogen) atoms. The summed E-state index contributed by atoms with van der Waals surface area (Å²) in [5.74, 6) is 0.164. The molecule has 0 aliphatic carbocycles. The molecule has 1 aromatic heterocycles. The van der Waals surface area contributed by atoms with Gasteiger partial charge in [0.05, 0.1) is 16.7 Å². The number of phenols is 1. The zero-order valence-corrected chi connectivity index (χ0v) is 16.9. The predicted molar refractivity (Wildman–Crippen MR) is 107 cm³/mol. The van der Waals surface area contributed by atoms with E-state index in [1.165, 1.54) is 16.7 Å². The second-order valence-electron chi connectivity index (χ2n) is 5.92. The standard InChI is InChI=1S/C19H18Br2N2O/c1-10-4-7-17(12(3)11(10)2)22-9-13-5-6-14-15(20)8-16(21)19(24)18(14)23-13/h4-8,22,24H,9H2,1-3H3. The number of nitrogens with one attached hydrogen (secondary N) is 1. The number of rotatable bonds is 3. The van der Waals surface area contributed by atoms with Crippen LogP contribution in [0, 0.1) is 20.8 Å². The first-order valence-corrected chi connectivity index (χ1v) is 9.24. The molecule has 0 fully saturated rings. The molecule has 0 saturated carbocycles. The Morgan fingerprint density at radius 1 is 1.00 bits per heavy atom. The second kappa shape index (κ2) is 6.73. The summed E-state index contributed by atoms with van der Waals surface area (Å²) in [5.41, 5.74) is 6.43. The molecule has 0 bridgehead atoms. The van der Waals surface area contributed by atoms with E-state index in [2.05, 4.69) is 75.1 Å². The maximum absolute atomic E-state index is 10.3. The molecule has 0 saturated heterocycles. The number of nitrogens with zero attached hydrogens (tertiary/aromatic N) is 1. The van der Waals surface area contributed by atoms with Crippen LogP contribution in [0.5, 0.6) is 5.75 Å². The number of hydrogen-bond donors (Lipinski definition) is 2. The van der Waals surface area contributed by atoms with Gasteiger partial charge in [0.1, 0.15) is 5.52 Å². The van der Waals surface area contributed by atoms with Gasteiger partial charge in [-0.3, -0.25) is 0 Å². The smallest absolute Gasteiger partial charge is 0.156 e. The molecular formula is C19H18Br2N2O. The maximum atomic E-state index is 10.3. The van der Waals surface area contributed by atoms with Crippen molar-refractivity contribution < 1.29 is 5.11 Å². The van der Waals surface area contributed by atoms with E-state index in [-0.39, 0.29) is 5.75 Å². The van der Waals surface area contributed by atoms with E-state index in [1.807, 2.05) is 18.2 Å². The third kappa shape index (κ3) is 3.15. The molecule has 0 atom stereocenters. The second-order valence-corrected chi connectivity index (χ2v) is 7.63. The molecule has 3 rings (SSSR count). The van der Waals surface area contributed by atoms with Crippen LogP contribution < -0.4 is 5.32 Å². The fourth-order valence-electron chi connectivity index (χ4n) is 2.68. The number of benzene rings is 2. The normalized spacial score (nSPS) is 11.0. The molecule has 5 heteroatoms. The van der Waals surface area contributed by atoms with Crippen molar-refractivity contribution in [1.29, 1.82) is 0 Å². The monoisotopic (exact) mass is 448 g/mol. The van der Waals surface area contributed by atoms with Crippen LogP contribution in [0.3, 0.4) is 0 Å². The van der Waals surface area contributed by atoms with Gasteiger partial charge in [0.25, 0.3) is 0 Å². The number of pyridine rings is 1. The Labute approximate surface area is 158 Å². The third-order valence-electron chi connectivity index (χ3n) is 4.43. The van der Waals surface area contributed by atoms with Crippen molar-refractivity contribution in [3.05, 3.63) is 61.7 Å². The van der Waals surface area contributed by atoms with Crippen LogP contribution in [0.4, 0.5) is 5.69 Å². The maximum Gasteiger partial charge on any atom is 0.156 e. The number of hydrogen-bond acceptors (Lipinski definition) is 3. The van der Waals surface area contributed by atoms with Crippen LogP contribution in [0.2, 0.25) is 0 Å². The predicted octanol–water partition coefficient (Wildman–Crippen LogP) is 6.00. The number of aromatic nitrogens is 1. The number of aryl methyl sites for hydroxylation is 1. The van der Waals surface area contributed by atoms with Gasteiger partial charge in [0, 0.05) is 15.5 Å². The van der Waals surface area contributed by atoms with Crippen LogP contribution >= 0.6 is 31.9 Å². The van der Waals surface area contributed by atoms with E-state index < -0.39 is 0 Å². The Morgan fingerprint density at radius 3 is 2.50 bits per heavy atom. The summed E-state index contributed by atoms with van der Waals surface area (Å²) in [7, 11) is 0. The molecule has 0 unspecified atom stereocenters. The van der Waals surface area contributed by atoms with Crippen molar-refractivity contribution in [2.24, 2.45) is 0 Å². The Hall–Kier alpha value is -1.59. The largest absolute Gasteiger partial charge is 0.505 e. The van der Waals surface area contributed by atoms with Crippen molar-refractivity contribution >= 4 is 48.5 Å². The molecule has 0 radical (unpaired) electrons. The van der Waals surface area contributed by atoms with Crippen LogP contribution in [-0.2, 0) is 6.54 Å². The summed E-state index contributed by atoms with van der Waals surface area (Å²) in [6.07, 6.45) is 0. The van der Waals surface area contributed by atoms with Crippen molar-refractivity contribution in [1.82, 2.24) is 4.98 Å². The highest BCUT2D eigenvalue weighted by Gasteiger charge is 2.11. The van der Waals surface area contributed by atoms with Gasteiger partial charge in [-0.15, -0.1) is 0 Å². The quantitative estimate of drug-likeness (QED) is 0.515. The van der Waals surface area contributed by atoms with Crippen LogP contribution in [0.25, 0.3) is 10.9 Å². The van der Waals surface area contributed by atoms with E-state index in [1.54, 1.807) is 0 Å². The molecule has 2 aromatic carbocycles. The van der Waals surface area contributed by atoms with Crippen LogP contribution in [0.15, 0.2) is 39.3 Å². The highest BCUT2D eigenvalue weighted by atomic mass is 79.9. The average molecular weight is 450 g/mol.